The molecule has 0 bridgehead atoms. The van der Waals surface area contributed by atoms with Gasteiger partial charge in [0, 0.05) is 16.3 Å². The van der Waals surface area contributed by atoms with Gasteiger partial charge in [0.25, 0.3) is 0 Å². The van der Waals surface area contributed by atoms with Gasteiger partial charge in [-0.1, -0.05) is 15.9 Å². The second-order valence-electron chi connectivity index (χ2n) is 3.30. The highest BCUT2D eigenvalue weighted by molar-refractivity contribution is 9.09. The van der Waals surface area contributed by atoms with E-state index in [-0.39, 0.29) is 10.4 Å². The highest BCUT2D eigenvalue weighted by Crippen LogP contribution is 2.18. The van der Waals surface area contributed by atoms with E-state index in [1.807, 2.05) is 0 Å². The number of nitrogens with zero attached hydrogens (tertiary/aromatic N) is 3. The van der Waals surface area contributed by atoms with Gasteiger partial charge in [-0.2, -0.15) is 4.48 Å². The highest BCUT2D eigenvalue weighted by atomic mass is 79.9. The van der Waals surface area contributed by atoms with Crippen molar-refractivity contribution in [1.82, 2.24) is 0 Å². The number of aliphatic imine (C=N–C) groups is 1. The number of quaternary nitrogens is 1. The van der Waals surface area contributed by atoms with Gasteiger partial charge in [-0.15, -0.1) is 0 Å². The van der Waals surface area contributed by atoms with Crippen molar-refractivity contribution in [1.29, 1.82) is 0 Å². The van der Waals surface area contributed by atoms with Crippen molar-refractivity contribution in [3.05, 3.63) is 22.5 Å². The Hall–Kier alpha value is -0.790. The molecule has 0 radical (unpaired) electrons. The zero-order chi connectivity index (χ0) is 11.3. The van der Waals surface area contributed by atoms with Crippen LogP contribution < -0.4 is 5.73 Å². The fraction of sp³-hybridized carbons (Fsp3) is 0.625. The Kier molecular flexibility index (Phi) is 4.37. The third-order valence-corrected chi connectivity index (χ3v) is 2.70. The van der Waals surface area contributed by atoms with E-state index < -0.39 is 4.92 Å². The van der Waals surface area contributed by atoms with E-state index >= 15 is 0 Å². The number of rotatable bonds is 5. The van der Waals surface area contributed by atoms with Crippen LogP contribution in [0.15, 0.2) is 17.4 Å². The standard InChI is InChI=1S/C8H14BrN4O2/c9-2-6-13(5-1-3-10)7-4-11-8(13)12(14)15/h4,7H,1-3,5-6,10H2/q+1. The summed E-state index contributed by atoms with van der Waals surface area (Å²) in [5.74, 6) is -0.0112. The molecule has 1 aliphatic heterocycles. The molecule has 0 aromatic carbocycles. The van der Waals surface area contributed by atoms with Crippen LogP contribution in [0.1, 0.15) is 6.42 Å². The molecular formula is C8H14BrN4O2+. The van der Waals surface area contributed by atoms with Gasteiger partial charge < -0.3 is 15.8 Å². The Morgan fingerprint density at radius 3 is 2.87 bits per heavy atom. The minimum Gasteiger partial charge on any atom is -0.354 e. The fourth-order valence-electron chi connectivity index (χ4n) is 1.60. The Morgan fingerprint density at radius 2 is 2.33 bits per heavy atom. The molecule has 1 rings (SSSR count). The molecule has 6 nitrogen and oxygen atoms in total. The molecule has 1 heterocycles. The third-order valence-electron chi connectivity index (χ3n) is 2.35. The van der Waals surface area contributed by atoms with Crippen LogP contribution in [-0.4, -0.2) is 40.3 Å². The van der Waals surface area contributed by atoms with E-state index in [9.17, 15) is 10.1 Å². The fourth-order valence-corrected chi connectivity index (χ4v) is 2.24. The highest BCUT2D eigenvalue weighted by Gasteiger charge is 2.44. The van der Waals surface area contributed by atoms with E-state index in [4.69, 9.17) is 5.73 Å². The van der Waals surface area contributed by atoms with Crippen LogP contribution in [0.4, 0.5) is 0 Å². The lowest BCUT2D eigenvalue weighted by molar-refractivity contribution is -0.819. The van der Waals surface area contributed by atoms with E-state index in [0.717, 1.165) is 6.42 Å². The van der Waals surface area contributed by atoms with Crippen LogP contribution in [-0.2, 0) is 0 Å². The number of hydrogen-bond donors (Lipinski definition) is 1. The summed E-state index contributed by atoms with van der Waals surface area (Å²) in [5, 5.41) is 11.5. The van der Waals surface area contributed by atoms with E-state index in [1.54, 1.807) is 6.20 Å². The van der Waals surface area contributed by atoms with Gasteiger partial charge >= 0.3 is 5.96 Å². The molecular weight excluding hydrogens is 264 g/mol. The average Bonchev–Trinajstić information content (AvgIpc) is 2.60. The van der Waals surface area contributed by atoms with Crippen LogP contribution in [0, 0.1) is 10.1 Å². The lowest BCUT2D eigenvalue weighted by Gasteiger charge is -2.25. The maximum absolute atomic E-state index is 10.8. The maximum Gasteiger partial charge on any atom is 0.543 e. The summed E-state index contributed by atoms with van der Waals surface area (Å²) < 4.78 is 0.190. The predicted molar refractivity (Wildman–Crippen MR) is 61.0 cm³/mol. The molecule has 0 saturated carbocycles. The van der Waals surface area contributed by atoms with Crippen molar-refractivity contribution < 1.29 is 9.41 Å². The lowest BCUT2D eigenvalue weighted by atomic mass is 10.3. The molecule has 15 heavy (non-hydrogen) atoms. The quantitative estimate of drug-likeness (QED) is 0.347. The second kappa shape index (κ2) is 5.34. The zero-order valence-electron chi connectivity index (χ0n) is 8.30. The normalized spacial score (nSPS) is 24.3. The van der Waals surface area contributed by atoms with Gasteiger partial charge in [0.05, 0.1) is 11.9 Å². The molecule has 0 fully saturated rings. The zero-order valence-corrected chi connectivity index (χ0v) is 9.89. The third kappa shape index (κ3) is 2.61. The lowest BCUT2D eigenvalue weighted by Crippen LogP contribution is -2.52. The summed E-state index contributed by atoms with van der Waals surface area (Å²) in [6, 6.07) is 0. The molecule has 84 valence electrons. The molecule has 0 aliphatic carbocycles. The predicted octanol–water partition coefficient (Wildman–Crippen LogP) is 0.664. The summed E-state index contributed by atoms with van der Waals surface area (Å²) in [5.41, 5.74) is 5.43. The minimum absolute atomic E-state index is 0.0112. The minimum atomic E-state index is -0.417. The summed E-state index contributed by atoms with van der Waals surface area (Å²) in [4.78, 5) is 14.2. The topological polar surface area (TPSA) is 81.5 Å². The number of nitrogens with two attached hydrogens (primary N) is 1. The number of nitro groups is 1. The maximum atomic E-state index is 10.8. The molecule has 1 atom stereocenters. The first-order valence-corrected chi connectivity index (χ1v) is 5.82. The first-order chi connectivity index (χ1) is 7.16. The van der Waals surface area contributed by atoms with Gasteiger partial charge in [0.1, 0.15) is 6.54 Å². The molecule has 0 spiro atoms. The van der Waals surface area contributed by atoms with Crippen LogP contribution in [0.5, 0.6) is 0 Å². The molecule has 1 aliphatic rings. The second-order valence-corrected chi connectivity index (χ2v) is 4.09. The van der Waals surface area contributed by atoms with Crippen molar-refractivity contribution in [3.63, 3.8) is 0 Å². The molecule has 1 unspecified atom stereocenters. The number of alkyl halides is 1. The summed E-state index contributed by atoms with van der Waals surface area (Å²) in [7, 11) is 0. The average molecular weight is 278 g/mol. The van der Waals surface area contributed by atoms with Crippen molar-refractivity contribution in [2.75, 3.05) is 25.0 Å². The van der Waals surface area contributed by atoms with Gasteiger partial charge in [0.2, 0.25) is 0 Å². The van der Waals surface area contributed by atoms with Crippen LogP contribution in [0.3, 0.4) is 0 Å². The van der Waals surface area contributed by atoms with Crippen molar-refractivity contribution in [2.24, 2.45) is 10.7 Å². The molecule has 0 amide bonds. The van der Waals surface area contributed by atoms with Gasteiger partial charge in [-0.25, -0.2) is 0 Å². The Balaban J connectivity index is 2.84. The number of hydrogen-bond acceptors (Lipinski definition) is 4. The smallest absolute Gasteiger partial charge is 0.354 e. The van der Waals surface area contributed by atoms with Crippen molar-refractivity contribution in [3.8, 4) is 0 Å². The van der Waals surface area contributed by atoms with Crippen LogP contribution in [0.25, 0.3) is 0 Å². The monoisotopic (exact) mass is 277 g/mol. The molecule has 2 N–H and O–H groups in total. The molecule has 0 aromatic rings. The van der Waals surface area contributed by atoms with Crippen molar-refractivity contribution in [2.45, 2.75) is 6.42 Å². The SMILES string of the molecule is NCCC[N+]1(CCBr)C=CN=C1[N+](=O)[O-]. The van der Waals surface area contributed by atoms with E-state index in [1.165, 1.54) is 6.20 Å². The first-order valence-electron chi connectivity index (χ1n) is 4.69. The number of guanidine groups is 1. The molecule has 7 heteroatoms. The van der Waals surface area contributed by atoms with Crippen molar-refractivity contribution >= 4 is 21.9 Å². The Morgan fingerprint density at radius 1 is 1.60 bits per heavy atom. The number of halogens is 1. The Labute approximate surface area is 96.3 Å². The summed E-state index contributed by atoms with van der Waals surface area (Å²) >= 11 is 3.30. The van der Waals surface area contributed by atoms with Crippen LogP contribution in [0.2, 0.25) is 0 Å². The largest absolute Gasteiger partial charge is 0.543 e. The van der Waals surface area contributed by atoms with Gasteiger partial charge in [-0.05, 0) is 6.54 Å². The van der Waals surface area contributed by atoms with Gasteiger partial charge in [-0.3, -0.25) is 0 Å². The summed E-state index contributed by atoms with van der Waals surface area (Å²) in [6.45, 7) is 1.77. The molecule has 0 saturated heterocycles. The van der Waals surface area contributed by atoms with Crippen LogP contribution >= 0.6 is 15.9 Å². The van der Waals surface area contributed by atoms with Gasteiger partial charge in [0.15, 0.2) is 12.4 Å². The molecule has 0 aromatic heterocycles. The van der Waals surface area contributed by atoms with E-state index in [2.05, 4.69) is 20.9 Å². The first kappa shape index (κ1) is 12.3. The Bertz CT molecular complexity index is 305. The van der Waals surface area contributed by atoms with E-state index in [0.29, 0.717) is 25.0 Å². The summed E-state index contributed by atoms with van der Waals surface area (Å²) in [6.07, 6.45) is 4.00.